The molecule has 0 radical (unpaired) electrons. The molecule has 1 aliphatic heterocycles. The van der Waals surface area contributed by atoms with E-state index in [1.54, 1.807) is 6.07 Å². The first-order chi connectivity index (χ1) is 10.9. The van der Waals surface area contributed by atoms with E-state index in [1.165, 1.54) is 6.07 Å². The van der Waals surface area contributed by atoms with Gasteiger partial charge in [0.1, 0.15) is 0 Å². The van der Waals surface area contributed by atoms with Gasteiger partial charge in [0.15, 0.2) is 0 Å². The highest BCUT2D eigenvalue weighted by Crippen LogP contribution is 2.29. The number of carbonyl (C=O) groups is 1. The molecule has 0 spiro atoms. The Balaban J connectivity index is 0.00000288. The Bertz CT molecular complexity index is 534. The Hall–Kier alpha value is -1.31. The molecule has 0 aromatic heterocycles. The van der Waals surface area contributed by atoms with Crippen LogP contribution < -0.4 is 5.32 Å². The van der Waals surface area contributed by atoms with Gasteiger partial charge in [-0.2, -0.15) is 13.2 Å². The van der Waals surface area contributed by atoms with Gasteiger partial charge < -0.3 is 15.1 Å². The van der Waals surface area contributed by atoms with E-state index in [2.05, 4.69) is 5.32 Å². The predicted octanol–water partition coefficient (Wildman–Crippen LogP) is 2.38. The van der Waals surface area contributed by atoms with Crippen molar-refractivity contribution in [3.05, 3.63) is 35.4 Å². The summed E-state index contributed by atoms with van der Waals surface area (Å²) >= 11 is 0. The third-order valence-corrected chi connectivity index (χ3v) is 3.88. The Morgan fingerprint density at radius 1 is 1.29 bits per heavy atom. The van der Waals surface area contributed by atoms with Crippen LogP contribution in [-0.2, 0) is 17.5 Å². The highest BCUT2D eigenvalue weighted by atomic mass is 35.5. The first kappa shape index (κ1) is 20.7. The summed E-state index contributed by atoms with van der Waals surface area (Å²) in [5.74, 6) is 0.0994. The Morgan fingerprint density at radius 2 is 1.96 bits per heavy atom. The van der Waals surface area contributed by atoms with Gasteiger partial charge >= 0.3 is 6.18 Å². The SMILES string of the molecule is CN(CCC(=O)N1CCNCC1)Cc1cccc(C(F)(F)F)c1.Cl. The standard InChI is InChI=1S/C16H22F3N3O.ClH/c1-21(8-5-15(23)22-9-6-20-7-10-22)12-13-3-2-4-14(11-13)16(17,18)19;/h2-4,11,20H,5-10,12H2,1H3;1H. The highest BCUT2D eigenvalue weighted by molar-refractivity contribution is 5.85. The minimum atomic E-state index is -4.33. The van der Waals surface area contributed by atoms with Gasteiger partial charge in [0, 0.05) is 45.7 Å². The molecular weight excluding hydrogens is 343 g/mol. The number of halogens is 4. The second-order valence-corrected chi connectivity index (χ2v) is 5.82. The van der Waals surface area contributed by atoms with Crippen molar-refractivity contribution in [1.29, 1.82) is 0 Å². The van der Waals surface area contributed by atoms with E-state index in [0.717, 1.165) is 38.3 Å². The molecule has 0 bridgehead atoms. The van der Waals surface area contributed by atoms with E-state index in [1.807, 2.05) is 16.8 Å². The van der Waals surface area contributed by atoms with Gasteiger partial charge in [-0.3, -0.25) is 4.79 Å². The molecule has 1 N–H and O–H groups in total. The van der Waals surface area contributed by atoms with Gasteiger partial charge in [0.25, 0.3) is 0 Å². The fraction of sp³-hybridized carbons (Fsp3) is 0.562. The second kappa shape index (κ2) is 9.25. The van der Waals surface area contributed by atoms with Crippen molar-refractivity contribution in [1.82, 2.24) is 15.1 Å². The van der Waals surface area contributed by atoms with Crippen LogP contribution in [0, 0.1) is 0 Å². The summed E-state index contributed by atoms with van der Waals surface area (Å²) in [5.41, 5.74) is -0.0442. The molecule has 0 unspecified atom stereocenters. The quantitative estimate of drug-likeness (QED) is 0.870. The molecule has 1 fully saturated rings. The topological polar surface area (TPSA) is 35.6 Å². The van der Waals surface area contributed by atoms with Crippen LogP contribution in [0.4, 0.5) is 13.2 Å². The van der Waals surface area contributed by atoms with Crippen LogP contribution in [0.2, 0.25) is 0 Å². The van der Waals surface area contributed by atoms with E-state index < -0.39 is 11.7 Å². The number of nitrogens with one attached hydrogen (secondary N) is 1. The number of alkyl halides is 3. The van der Waals surface area contributed by atoms with Gasteiger partial charge in [-0.05, 0) is 18.7 Å². The molecule has 1 amide bonds. The van der Waals surface area contributed by atoms with Crippen molar-refractivity contribution in [2.45, 2.75) is 19.1 Å². The fourth-order valence-electron chi connectivity index (χ4n) is 2.60. The van der Waals surface area contributed by atoms with Crippen molar-refractivity contribution in [2.24, 2.45) is 0 Å². The molecule has 1 aliphatic rings. The lowest BCUT2D eigenvalue weighted by molar-refractivity contribution is -0.137. The van der Waals surface area contributed by atoms with Crippen LogP contribution in [0.3, 0.4) is 0 Å². The molecule has 8 heteroatoms. The van der Waals surface area contributed by atoms with E-state index in [0.29, 0.717) is 25.1 Å². The summed E-state index contributed by atoms with van der Waals surface area (Å²) in [6.45, 7) is 3.97. The fourth-order valence-corrected chi connectivity index (χ4v) is 2.60. The summed E-state index contributed by atoms with van der Waals surface area (Å²) in [7, 11) is 1.81. The molecule has 2 rings (SSSR count). The van der Waals surface area contributed by atoms with E-state index >= 15 is 0 Å². The summed E-state index contributed by atoms with van der Waals surface area (Å²) < 4.78 is 38.1. The maximum atomic E-state index is 12.7. The second-order valence-electron chi connectivity index (χ2n) is 5.82. The van der Waals surface area contributed by atoms with Gasteiger partial charge in [-0.25, -0.2) is 0 Å². The summed E-state index contributed by atoms with van der Waals surface area (Å²) in [6, 6.07) is 5.31. The number of carbonyl (C=O) groups excluding carboxylic acids is 1. The van der Waals surface area contributed by atoms with Crippen molar-refractivity contribution in [2.75, 3.05) is 39.8 Å². The van der Waals surface area contributed by atoms with E-state index in [-0.39, 0.29) is 18.3 Å². The van der Waals surface area contributed by atoms with Crippen LogP contribution in [0.15, 0.2) is 24.3 Å². The molecule has 1 saturated heterocycles. The largest absolute Gasteiger partial charge is 0.416 e. The highest BCUT2D eigenvalue weighted by Gasteiger charge is 2.30. The zero-order valence-corrected chi connectivity index (χ0v) is 14.4. The minimum absolute atomic E-state index is 0. The number of hydrogen-bond acceptors (Lipinski definition) is 3. The van der Waals surface area contributed by atoms with Crippen molar-refractivity contribution < 1.29 is 18.0 Å². The molecule has 24 heavy (non-hydrogen) atoms. The molecule has 0 aliphatic carbocycles. The average molecular weight is 366 g/mol. The third-order valence-electron chi connectivity index (χ3n) is 3.88. The minimum Gasteiger partial charge on any atom is -0.340 e. The summed E-state index contributed by atoms with van der Waals surface area (Å²) in [5, 5.41) is 3.19. The Morgan fingerprint density at radius 3 is 2.58 bits per heavy atom. The van der Waals surface area contributed by atoms with Crippen LogP contribution in [0.1, 0.15) is 17.5 Å². The van der Waals surface area contributed by atoms with Crippen LogP contribution >= 0.6 is 12.4 Å². The van der Waals surface area contributed by atoms with Crippen molar-refractivity contribution >= 4 is 18.3 Å². The maximum Gasteiger partial charge on any atom is 0.416 e. The Kier molecular flexibility index (Phi) is 7.99. The van der Waals surface area contributed by atoms with E-state index in [9.17, 15) is 18.0 Å². The molecule has 1 aromatic rings. The number of hydrogen-bond donors (Lipinski definition) is 1. The van der Waals surface area contributed by atoms with Crippen molar-refractivity contribution in [3.8, 4) is 0 Å². The summed E-state index contributed by atoms with van der Waals surface area (Å²) in [4.78, 5) is 15.8. The van der Waals surface area contributed by atoms with Crippen LogP contribution in [0.5, 0.6) is 0 Å². The predicted molar refractivity (Wildman–Crippen MR) is 89.1 cm³/mol. The number of rotatable bonds is 5. The molecule has 0 saturated carbocycles. The molecular formula is C16H23ClF3N3O. The lowest BCUT2D eigenvalue weighted by Crippen LogP contribution is -2.47. The molecule has 1 aromatic carbocycles. The van der Waals surface area contributed by atoms with Gasteiger partial charge in [0.2, 0.25) is 5.91 Å². The zero-order chi connectivity index (χ0) is 16.9. The third kappa shape index (κ3) is 6.30. The smallest absolute Gasteiger partial charge is 0.340 e. The number of amides is 1. The number of piperazine rings is 1. The monoisotopic (exact) mass is 365 g/mol. The van der Waals surface area contributed by atoms with Crippen molar-refractivity contribution in [3.63, 3.8) is 0 Å². The molecule has 0 atom stereocenters. The normalized spacial score (nSPS) is 15.3. The summed E-state index contributed by atoms with van der Waals surface area (Å²) in [6.07, 6.45) is -3.94. The van der Waals surface area contributed by atoms with Gasteiger partial charge in [0.05, 0.1) is 5.56 Å². The van der Waals surface area contributed by atoms with Crippen LogP contribution in [0.25, 0.3) is 0 Å². The zero-order valence-electron chi connectivity index (χ0n) is 13.6. The lowest BCUT2D eigenvalue weighted by Gasteiger charge is -2.28. The molecule has 136 valence electrons. The van der Waals surface area contributed by atoms with Gasteiger partial charge in [-0.1, -0.05) is 18.2 Å². The van der Waals surface area contributed by atoms with Gasteiger partial charge in [-0.15, -0.1) is 12.4 Å². The number of benzene rings is 1. The average Bonchev–Trinajstić information content (AvgIpc) is 2.53. The lowest BCUT2D eigenvalue weighted by atomic mass is 10.1. The van der Waals surface area contributed by atoms with Crippen LogP contribution in [-0.4, -0.2) is 55.5 Å². The number of nitrogens with zero attached hydrogens (tertiary/aromatic N) is 2. The molecule has 4 nitrogen and oxygen atoms in total. The Labute approximate surface area is 146 Å². The molecule has 1 heterocycles. The maximum absolute atomic E-state index is 12.7. The first-order valence-corrected chi connectivity index (χ1v) is 7.69. The van der Waals surface area contributed by atoms with E-state index in [4.69, 9.17) is 0 Å². The first-order valence-electron chi connectivity index (χ1n) is 7.69.